The Bertz CT molecular complexity index is 1190. The number of amides is 1. The number of carbonyl (C=O) groups excluding carboxylic acids is 1. The Balaban J connectivity index is 1.33. The van der Waals surface area contributed by atoms with Crippen molar-refractivity contribution in [1.29, 1.82) is 0 Å². The average Bonchev–Trinajstić information content (AvgIpc) is 3.13. The van der Waals surface area contributed by atoms with Gasteiger partial charge in [0, 0.05) is 24.2 Å². The Morgan fingerprint density at radius 2 is 1.60 bits per heavy atom. The van der Waals surface area contributed by atoms with E-state index in [9.17, 15) is 4.79 Å². The van der Waals surface area contributed by atoms with Gasteiger partial charge in [0.1, 0.15) is 5.75 Å². The molecular weight excluding hydrogens is 432 g/mol. The SMILES string of the molecule is Cc1cc(C)cc(CN2CCC3(CC2)CN(C(=O)C(C)Oc2ccccc2)c2ccc(C)cc23)c1. The van der Waals surface area contributed by atoms with Gasteiger partial charge >= 0.3 is 0 Å². The van der Waals surface area contributed by atoms with Crippen LogP contribution in [0.3, 0.4) is 0 Å². The first-order chi connectivity index (χ1) is 16.8. The van der Waals surface area contributed by atoms with Crippen LogP contribution in [-0.2, 0) is 16.8 Å². The Hall–Kier alpha value is -3.11. The van der Waals surface area contributed by atoms with E-state index in [0.29, 0.717) is 0 Å². The van der Waals surface area contributed by atoms with Gasteiger partial charge in [-0.15, -0.1) is 0 Å². The number of likely N-dealkylation sites (tertiary alicyclic amines) is 1. The average molecular weight is 469 g/mol. The van der Waals surface area contributed by atoms with Gasteiger partial charge in [0.15, 0.2) is 6.10 Å². The molecule has 182 valence electrons. The number of aryl methyl sites for hydroxylation is 3. The maximum absolute atomic E-state index is 13.6. The van der Waals surface area contributed by atoms with E-state index in [1.54, 1.807) is 0 Å². The molecule has 3 aromatic carbocycles. The molecule has 0 aromatic heterocycles. The van der Waals surface area contributed by atoms with Crippen LogP contribution in [0.2, 0.25) is 0 Å². The molecule has 2 aliphatic heterocycles. The normalized spacial score (nSPS) is 17.9. The maximum Gasteiger partial charge on any atom is 0.267 e. The van der Waals surface area contributed by atoms with Crippen molar-refractivity contribution in [1.82, 2.24) is 4.90 Å². The lowest BCUT2D eigenvalue weighted by Gasteiger charge is -2.40. The molecule has 2 heterocycles. The molecule has 0 bridgehead atoms. The van der Waals surface area contributed by atoms with Gasteiger partial charge in [-0.2, -0.15) is 0 Å². The van der Waals surface area contributed by atoms with Crippen molar-refractivity contribution in [3.63, 3.8) is 0 Å². The number of ether oxygens (including phenoxy) is 1. The number of carbonyl (C=O) groups is 1. The monoisotopic (exact) mass is 468 g/mol. The summed E-state index contributed by atoms with van der Waals surface area (Å²) in [6, 6.07) is 23.0. The highest BCUT2D eigenvalue weighted by atomic mass is 16.5. The molecule has 0 saturated carbocycles. The van der Waals surface area contributed by atoms with Crippen LogP contribution in [0, 0.1) is 20.8 Å². The largest absolute Gasteiger partial charge is 0.481 e. The molecule has 4 nitrogen and oxygen atoms in total. The van der Waals surface area contributed by atoms with Crippen LogP contribution in [0.25, 0.3) is 0 Å². The van der Waals surface area contributed by atoms with Gasteiger partial charge in [0.2, 0.25) is 0 Å². The van der Waals surface area contributed by atoms with Crippen LogP contribution in [0.4, 0.5) is 5.69 Å². The highest BCUT2D eigenvalue weighted by Crippen LogP contribution is 2.47. The lowest BCUT2D eigenvalue weighted by atomic mass is 9.74. The summed E-state index contributed by atoms with van der Waals surface area (Å²) in [5.41, 5.74) is 7.72. The fourth-order valence-corrected chi connectivity index (χ4v) is 5.94. The highest BCUT2D eigenvalue weighted by Gasteiger charge is 2.47. The van der Waals surface area contributed by atoms with Crippen LogP contribution in [0.15, 0.2) is 66.7 Å². The van der Waals surface area contributed by atoms with E-state index in [4.69, 9.17) is 4.74 Å². The lowest BCUT2D eigenvalue weighted by Crippen LogP contribution is -2.47. The number of benzene rings is 3. The zero-order valence-corrected chi connectivity index (χ0v) is 21.4. The third-order valence-corrected chi connectivity index (χ3v) is 7.65. The van der Waals surface area contributed by atoms with Gasteiger partial charge in [-0.05, 0) is 83.0 Å². The number of hydrogen-bond acceptors (Lipinski definition) is 3. The quantitative estimate of drug-likeness (QED) is 0.463. The standard InChI is InChI=1S/C31H36N2O2/c1-22-10-11-29-28(19-22)31(21-33(29)30(34)25(4)35-27-8-6-5-7-9-27)12-14-32(15-13-31)20-26-17-23(2)16-24(3)18-26/h5-11,16-19,25H,12-15,20-21H2,1-4H3. The van der Waals surface area contributed by atoms with E-state index < -0.39 is 6.10 Å². The van der Waals surface area contributed by atoms with Crippen molar-refractivity contribution in [2.45, 2.75) is 58.6 Å². The minimum absolute atomic E-state index is 0.0164. The third kappa shape index (κ3) is 4.85. The molecule has 35 heavy (non-hydrogen) atoms. The van der Waals surface area contributed by atoms with E-state index in [0.717, 1.165) is 50.5 Å². The van der Waals surface area contributed by atoms with Crippen LogP contribution in [0.5, 0.6) is 5.75 Å². The van der Waals surface area contributed by atoms with Crippen LogP contribution < -0.4 is 9.64 Å². The Labute approximate surface area is 209 Å². The predicted molar refractivity (Wildman–Crippen MR) is 142 cm³/mol. The minimum atomic E-state index is -0.536. The number of rotatable bonds is 5. The molecule has 3 aromatic rings. The predicted octanol–water partition coefficient (Wildman–Crippen LogP) is 5.96. The second-order valence-corrected chi connectivity index (χ2v) is 10.6. The molecule has 1 fully saturated rings. The van der Waals surface area contributed by atoms with Crippen LogP contribution in [0.1, 0.15) is 47.6 Å². The number of para-hydroxylation sites is 1. The number of hydrogen-bond donors (Lipinski definition) is 0. The molecule has 5 rings (SSSR count). The summed E-state index contributed by atoms with van der Waals surface area (Å²) in [5.74, 6) is 0.764. The third-order valence-electron chi connectivity index (χ3n) is 7.65. The summed E-state index contributed by atoms with van der Waals surface area (Å²) in [7, 11) is 0. The molecule has 4 heteroatoms. The maximum atomic E-state index is 13.6. The van der Waals surface area contributed by atoms with Crippen LogP contribution in [-0.4, -0.2) is 36.5 Å². The van der Waals surface area contributed by atoms with Gasteiger partial charge in [-0.3, -0.25) is 9.69 Å². The van der Waals surface area contributed by atoms with E-state index in [1.807, 2.05) is 42.2 Å². The second kappa shape index (κ2) is 9.50. The summed E-state index contributed by atoms with van der Waals surface area (Å²) >= 11 is 0. The van der Waals surface area contributed by atoms with E-state index >= 15 is 0 Å². The number of nitrogens with zero attached hydrogens (tertiary/aromatic N) is 2. The van der Waals surface area contributed by atoms with Crippen LogP contribution >= 0.6 is 0 Å². The Morgan fingerprint density at radius 3 is 2.29 bits per heavy atom. The van der Waals surface area contributed by atoms with Gasteiger partial charge in [-0.1, -0.05) is 65.2 Å². The molecule has 0 radical (unpaired) electrons. The number of piperidine rings is 1. The van der Waals surface area contributed by atoms with E-state index in [-0.39, 0.29) is 11.3 Å². The van der Waals surface area contributed by atoms with Crippen molar-refractivity contribution in [3.05, 3.63) is 94.5 Å². The van der Waals surface area contributed by atoms with Gasteiger partial charge < -0.3 is 9.64 Å². The first kappa shape index (κ1) is 23.6. The second-order valence-electron chi connectivity index (χ2n) is 10.6. The van der Waals surface area contributed by atoms with Gasteiger partial charge in [0.05, 0.1) is 0 Å². The van der Waals surface area contributed by atoms with Crippen molar-refractivity contribution >= 4 is 11.6 Å². The minimum Gasteiger partial charge on any atom is -0.481 e. The lowest BCUT2D eigenvalue weighted by molar-refractivity contribution is -0.124. The highest BCUT2D eigenvalue weighted by molar-refractivity contribution is 5.99. The van der Waals surface area contributed by atoms with Crippen molar-refractivity contribution < 1.29 is 9.53 Å². The molecule has 2 aliphatic rings. The first-order valence-corrected chi connectivity index (χ1v) is 12.8. The summed E-state index contributed by atoms with van der Waals surface area (Å²) in [6.07, 6.45) is 1.59. The molecule has 1 unspecified atom stereocenters. The fourth-order valence-electron chi connectivity index (χ4n) is 5.94. The van der Waals surface area contributed by atoms with Crippen molar-refractivity contribution in [2.24, 2.45) is 0 Å². The Kier molecular flexibility index (Phi) is 6.41. The summed E-state index contributed by atoms with van der Waals surface area (Å²) in [5, 5.41) is 0. The molecule has 0 N–H and O–H groups in total. The summed E-state index contributed by atoms with van der Waals surface area (Å²) in [6.45, 7) is 12.2. The van der Waals surface area contributed by atoms with Gasteiger partial charge in [0.25, 0.3) is 5.91 Å². The van der Waals surface area contributed by atoms with Crippen molar-refractivity contribution in [3.8, 4) is 5.75 Å². The molecule has 1 spiro atoms. The zero-order chi connectivity index (χ0) is 24.6. The Morgan fingerprint density at radius 1 is 0.914 bits per heavy atom. The summed E-state index contributed by atoms with van der Waals surface area (Å²) < 4.78 is 6.01. The molecular formula is C31H36N2O2. The zero-order valence-electron chi connectivity index (χ0n) is 21.4. The molecule has 1 amide bonds. The summed E-state index contributed by atoms with van der Waals surface area (Å²) in [4.78, 5) is 18.1. The van der Waals surface area contributed by atoms with Crippen molar-refractivity contribution in [2.75, 3.05) is 24.5 Å². The smallest absolute Gasteiger partial charge is 0.267 e. The number of fused-ring (bicyclic) bond motifs is 2. The number of anilines is 1. The van der Waals surface area contributed by atoms with E-state index in [2.05, 4.69) is 62.1 Å². The van der Waals surface area contributed by atoms with E-state index in [1.165, 1.54) is 27.8 Å². The topological polar surface area (TPSA) is 32.8 Å². The first-order valence-electron chi connectivity index (χ1n) is 12.8. The molecule has 0 aliphatic carbocycles. The van der Waals surface area contributed by atoms with Gasteiger partial charge in [-0.25, -0.2) is 0 Å². The molecule has 1 atom stereocenters. The fraction of sp³-hybridized carbons (Fsp3) is 0.387. The molecule has 1 saturated heterocycles.